The fraction of sp³-hybridized carbons (Fsp3) is 0.600. The zero-order valence-corrected chi connectivity index (χ0v) is 16.3. The molecule has 0 saturated carbocycles. The van der Waals surface area contributed by atoms with Gasteiger partial charge in [0.15, 0.2) is 8.32 Å². The van der Waals surface area contributed by atoms with Crippen molar-refractivity contribution < 1.29 is 4.43 Å². The van der Waals surface area contributed by atoms with Crippen LogP contribution in [0.1, 0.15) is 58.1 Å². The lowest BCUT2D eigenvalue weighted by Gasteiger charge is -2.36. The summed E-state index contributed by atoms with van der Waals surface area (Å²) in [5, 5.41) is 0.303. The third kappa shape index (κ3) is 6.38. The Morgan fingerprint density at radius 3 is 2.23 bits per heavy atom. The second kappa shape index (κ2) is 8.55. The molecule has 0 radical (unpaired) electrons. The van der Waals surface area contributed by atoms with E-state index < -0.39 is 8.32 Å². The van der Waals surface area contributed by atoms with Crippen molar-refractivity contribution in [2.24, 2.45) is 0 Å². The van der Waals surface area contributed by atoms with E-state index >= 15 is 0 Å². The van der Waals surface area contributed by atoms with Gasteiger partial charge in [-0.25, -0.2) is 0 Å². The molecule has 122 valence electrons. The third-order valence-corrected chi connectivity index (χ3v) is 9.10. The molecule has 0 heterocycles. The number of aryl methyl sites for hydroxylation is 1. The largest absolute Gasteiger partial charge is 0.417 e. The van der Waals surface area contributed by atoms with Gasteiger partial charge in [0, 0.05) is 18.6 Å². The van der Waals surface area contributed by atoms with E-state index in [1.807, 2.05) is 0 Å². The van der Waals surface area contributed by atoms with Gasteiger partial charge in [0.1, 0.15) is 0 Å². The molecule has 0 bridgehead atoms. The molecule has 0 aliphatic carbocycles. The van der Waals surface area contributed by atoms with E-state index in [4.69, 9.17) is 4.43 Å². The lowest BCUT2D eigenvalue weighted by Crippen LogP contribution is -2.40. The van der Waals surface area contributed by atoms with Gasteiger partial charge in [-0.2, -0.15) is 0 Å². The minimum absolute atomic E-state index is 0.303. The predicted molar refractivity (Wildman–Crippen MR) is 99.7 cm³/mol. The van der Waals surface area contributed by atoms with Crippen LogP contribution in [0.4, 0.5) is 0 Å². The van der Waals surface area contributed by atoms with Crippen LogP contribution in [0.25, 0.3) is 0 Å². The molecule has 1 nitrogen and oxygen atoms in total. The average molecular weight is 317 g/mol. The van der Waals surface area contributed by atoms with E-state index in [0.717, 1.165) is 37.9 Å². The minimum atomic E-state index is -1.57. The van der Waals surface area contributed by atoms with Crippen LogP contribution in [-0.4, -0.2) is 14.9 Å². The highest BCUT2D eigenvalue weighted by atomic mass is 28.4. The molecule has 1 aromatic rings. The lowest BCUT2D eigenvalue weighted by atomic mass is 10.1. The molecule has 0 spiro atoms. The molecule has 0 fully saturated rings. The standard InChI is InChI=1S/C20H32OSi/c1-7-18-13-15-19(16-14-18)12-10-8-9-11-17-21-22(5,6)20(2,3)4/h13-16H,7-9,11,17H2,1-6H3. The van der Waals surface area contributed by atoms with E-state index in [-0.39, 0.29) is 0 Å². The molecule has 2 heteroatoms. The lowest BCUT2D eigenvalue weighted by molar-refractivity contribution is 0.280. The monoisotopic (exact) mass is 316 g/mol. The summed E-state index contributed by atoms with van der Waals surface area (Å²) in [5.74, 6) is 6.52. The molecule has 0 aliphatic heterocycles. The van der Waals surface area contributed by atoms with Crippen molar-refractivity contribution in [2.75, 3.05) is 6.61 Å². The Morgan fingerprint density at radius 1 is 1.05 bits per heavy atom. The van der Waals surface area contributed by atoms with Gasteiger partial charge in [0.2, 0.25) is 0 Å². The molecule has 0 unspecified atom stereocenters. The molecular weight excluding hydrogens is 284 g/mol. The highest BCUT2D eigenvalue weighted by molar-refractivity contribution is 6.74. The molecule has 0 amide bonds. The molecule has 0 aromatic heterocycles. The molecule has 0 N–H and O–H groups in total. The van der Waals surface area contributed by atoms with Crippen LogP contribution in [0.2, 0.25) is 18.1 Å². The molecule has 22 heavy (non-hydrogen) atoms. The molecule has 1 aromatic carbocycles. The minimum Gasteiger partial charge on any atom is -0.417 e. The molecule has 0 aliphatic rings. The van der Waals surface area contributed by atoms with Gasteiger partial charge in [-0.05, 0) is 55.1 Å². The van der Waals surface area contributed by atoms with E-state index in [1.165, 1.54) is 5.56 Å². The molecule has 1 rings (SSSR count). The Bertz CT molecular complexity index is 497. The second-order valence-electron chi connectivity index (χ2n) is 7.42. The smallest absolute Gasteiger partial charge is 0.191 e. The van der Waals surface area contributed by atoms with Crippen LogP contribution >= 0.6 is 0 Å². The van der Waals surface area contributed by atoms with Crippen LogP contribution in [0, 0.1) is 11.8 Å². The highest BCUT2D eigenvalue weighted by Gasteiger charge is 2.36. The Hall–Kier alpha value is -1.04. The van der Waals surface area contributed by atoms with Crippen molar-refractivity contribution in [3.8, 4) is 11.8 Å². The summed E-state index contributed by atoms with van der Waals surface area (Å²) < 4.78 is 6.17. The summed E-state index contributed by atoms with van der Waals surface area (Å²) in [6.45, 7) is 14.5. The van der Waals surface area contributed by atoms with E-state index in [1.54, 1.807) is 0 Å². The van der Waals surface area contributed by atoms with Crippen molar-refractivity contribution in [1.29, 1.82) is 0 Å². The normalized spacial score (nSPS) is 11.9. The zero-order valence-electron chi connectivity index (χ0n) is 15.3. The van der Waals surface area contributed by atoms with Gasteiger partial charge >= 0.3 is 0 Å². The number of hydrogen-bond donors (Lipinski definition) is 0. The molecular formula is C20H32OSi. The first kappa shape index (κ1) is 19.0. The van der Waals surface area contributed by atoms with Gasteiger partial charge in [-0.15, -0.1) is 0 Å². The predicted octanol–water partition coefficient (Wildman–Crippen LogP) is 5.79. The van der Waals surface area contributed by atoms with Gasteiger partial charge < -0.3 is 4.43 Å². The van der Waals surface area contributed by atoms with Gasteiger partial charge in [-0.1, -0.05) is 51.7 Å². The average Bonchev–Trinajstić information content (AvgIpc) is 2.45. The number of hydrogen-bond acceptors (Lipinski definition) is 1. The number of rotatable bonds is 6. The summed E-state index contributed by atoms with van der Waals surface area (Å²) in [7, 11) is -1.57. The van der Waals surface area contributed by atoms with Crippen molar-refractivity contribution >= 4 is 8.32 Å². The first-order valence-electron chi connectivity index (χ1n) is 8.48. The summed E-state index contributed by atoms with van der Waals surface area (Å²) in [5.41, 5.74) is 2.49. The maximum atomic E-state index is 6.17. The Labute approximate surface area is 138 Å². The van der Waals surface area contributed by atoms with E-state index in [9.17, 15) is 0 Å². The SMILES string of the molecule is CCc1ccc(C#CCCCCO[Si](C)(C)C(C)(C)C)cc1. The van der Waals surface area contributed by atoms with Crippen LogP contribution in [-0.2, 0) is 10.8 Å². The summed E-state index contributed by atoms with van der Waals surface area (Å²) in [4.78, 5) is 0. The fourth-order valence-electron chi connectivity index (χ4n) is 1.85. The first-order chi connectivity index (χ1) is 10.3. The second-order valence-corrected chi connectivity index (χ2v) is 12.2. The Kier molecular flexibility index (Phi) is 7.39. The maximum absolute atomic E-state index is 6.17. The number of unbranched alkanes of at least 4 members (excludes halogenated alkanes) is 2. The van der Waals surface area contributed by atoms with Gasteiger partial charge in [-0.3, -0.25) is 0 Å². The third-order valence-electron chi connectivity index (χ3n) is 4.56. The number of benzene rings is 1. The first-order valence-corrected chi connectivity index (χ1v) is 11.4. The molecule has 0 atom stereocenters. The van der Waals surface area contributed by atoms with Crippen molar-refractivity contribution in [2.45, 2.75) is 71.5 Å². The van der Waals surface area contributed by atoms with Crippen molar-refractivity contribution in [3.05, 3.63) is 35.4 Å². The van der Waals surface area contributed by atoms with Crippen molar-refractivity contribution in [1.82, 2.24) is 0 Å². The van der Waals surface area contributed by atoms with E-state index in [0.29, 0.717) is 5.04 Å². The van der Waals surface area contributed by atoms with Crippen LogP contribution in [0.3, 0.4) is 0 Å². The van der Waals surface area contributed by atoms with Crippen molar-refractivity contribution in [3.63, 3.8) is 0 Å². The van der Waals surface area contributed by atoms with Crippen LogP contribution < -0.4 is 0 Å². The summed E-state index contributed by atoms with van der Waals surface area (Å²) in [6, 6.07) is 8.56. The van der Waals surface area contributed by atoms with Gasteiger partial charge in [0.25, 0.3) is 0 Å². The Morgan fingerprint density at radius 2 is 1.68 bits per heavy atom. The summed E-state index contributed by atoms with van der Waals surface area (Å²) >= 11 is 0. The van der Waals surface area contributed by atoms with E-state index in [2.05, 4.69) is 76.9 Å². The quantitative estimate of drug-likeness (QED) is 0.366. The van der Waals surface area contributed by atoms with Crippen LogP contribution in [0.5, 0.6) is 0 Å². The maximum Gasteiger partial charge on any atom is 0.191 e. The Balaban J connectivity index is 2.25. The van der Waals surface area contributed by atoms with Gasteiger partial charge in [0.05, 0.1) is 0 Å². The topological polar surface area (TPSA) is 9.23 Å². The highest BCUT2D eigenvalue weighted by Crippen LogP contribution is 2.36. The fourth-order valence-corrected chi connectivity index (χ4v) is 2.94. The summed E-state index contributed by atoms with van der Waals surface area (Å²) in [6.07, 6.45) is 4.27. The zero-order chi connectivity index (χ0) is 16.6. The molecule has 0 saturated heterocycles. The van der Waals surface area contributed by atoms with Crippen LogP contribution in [0.15, 0.2) is 24.3 Å².